The first-order valence-corrected chi connectivity index (χ1v) is 9.40. The Balaban J connectivity index is 1.43. The number of halogens is 1. The van der Waals surface area contributed by atoms with Crippen molar-refractivity contribution in [1.82, 2.24) is 4.90 Å². The number of carbonyl (C=O) groups is 2. The molecule has 1 unspecified atom stereocenters. The lowest BCUT2D eigenvalue weighted by atomic mass is 10.1. The van der Waals surface area contributed by atoms with Crippen molar-refractivity contribution in [3.63, 3.8) is 0 Å². The van der Waals surface area contributed by atoms with Crippen molar-refractivity contribution in [3.05, 3.63) is 65.5 Å². The van der Waals surface area contributed by atoms with E-state index in [9.17, 15) is 14.0 Å². The Morgan fingerprint density at radius 3 is 2.54 bits per heavy atom. The van der Waals surface area contributed by atoms with Crippen LogP contribution < -0.4 is 4.74 Å². The maximum atomic E-state index is 12.8. The molecule has 0 aromatic heterocycles. The zero-order chi connectivity index (χ0) is 19.9. The van der Waals surface area contributed by atoms with Crippen molar-refractivity contribution in [1.29, 1.82) is 0 Å². The molecule has 1 aliphatic heterocycles. The van der Waals surface area contributed by atoms with Gasteiger partial charge >= 0.3 is 5.97 Å². The lowest BCUT2D eigenvalue weighted by molar-refractivity contribution is -0.146. The second-order valence-electron chi connectivity index (χ2n) is 6.93. The maximum absolute atomic E-state index is 12.8. The van der Waals surface area contributed by atoms with Crippen molar-refractivity contribution in [2.24, 2.45) is 0 Å². The van der Waals surface area contributed by atoms with Crippen LogP contribution in [0.15, 0.2) is 48.5 Å². The van der Waals surface area contributed by atoms with Crippen LogP contribution in [-0.4, -0.2) is 36.0 Å². The number of ether oxygens (including phenoxy) is 2. The van der Waals surface area contributed by atoms with Gasteiger partial charge in [0.05, 0.1) is 6.42 Å². The average Bonchev–Trinajstić information content (AvgIpc) is 3.02. The monoisotopic (exact) mass is 385 g/mol. The van der Waals surface area contributed by atoms with E-state index in [2.05, 4.69) is 0 Å². The predicted octanol–water partition coefficient (Wildman–Crippen LogP) is 3.64. The summed E-state index contributed by atoms with van der Waals surface area (Å²) in [5.41, 5.74) is 2.21. The van der Waals surface area contributed by atoms with Gasteiger partial charge in [-0.05, 0) is 43.2 Å². The molecular weight excluding hydrogens is 361 g/mol. The lowest BCUT2D eigenvalue weighted by Crippen LogP contribution is -2.34. The van der Waals surface area contributed by atoms with Gasteiger partial charge in [0.2, 0.25) is 5.91 Å². The first-order valence-electron chi connectivity index (χ1n) is 9.40. The van der Waals surface area contributed by atoms with Crippen molar-refractivity contribution in [3.8, 4) is 5.75 Å². The van der Waals surface area contributed by atoms with Crippen LogP contribution in [0.4, 0.5) is 4.39 Å². The van der Waals surface area contributed by atoms with Gasteiger partial charge < -0.3 is 14.4 Å². The van der Waals surface area contributed by atoms with Crippen LogP contribution in [0.1, 0.15) is 30.4 Å². The molecule has 0 aliphatic carbocycles. The molecule has 1 aliphatic rings. The molecule has 1 heterocycles. The van der Waals surface area contributed by atoms with Gasteiger partial charge in [0.25, 0.3) is 0 Å². The van der Waals surface area contributed by atoms with Crippen LogP contribution >= 0.6 is 0 Å². The Kier molecular flexibility index (Phi) is 6.63. The number of benzene rings is 2. The van der Waals surface area contributed by atoms with Crippen LogP contribution in [0.25, 0.3) is 0 Å². The third-order valence-corrected chi connectivity index (χ3v) is 4.76. The summed E-state index contributed by atoms with van der Waals surface area (Å²) >= 11 is 0. The molecule has 0 saturated carbocycles. The summed E-state index contributed by atoms with van der Waals surface area (Å²) in [4.78, 5) is 26.1. The summed E-state index contributed by atoms with van der Waals surface area (Å²) in [5, 5.41) is 0. The fourth-order valence-corrected chi connectivity index (χ4v) is 3.21. The van der Waals surface area contributed by atoms with Gasteiger partial charge in [-0.25, -0.2) is 4.39 Å². The predicted molar refractivity (Wildman–Crippen MR) is 102 cm³/mol. The maximum Gasteiger partial charge on any atom is 0.307 e. The molecule has 0 spiro atoms. The highest BCUT2D eigenvalue weighted by molar-refractivity contribution is 5.80. The molecular formula is C22H24FNO4. The number of nitrogens with zero attached hydrogens (tertiary/aromatic N) is 1. The Labute approximate surface area is 164 Å². The zero-order valence-corrected chi connectivity index (χ0v) is 15.9. The van der Waals surface area contributed by atoms with Gasteiger partial charge in [0, 0.05) is 19.0 Å². The lowest BCUT2D eigenvalue weighted by Gasteiger charge is -2.24. The molecule has 1 atom stereocenters. The molecule has 1 fully saturated rings. The summed E-state index contributed by atoms with van der Waals surface area (Å²) < 4.78 is 23.5. The van der Waals surface area contributed by atoms with Crippen molar-refractivity contribution >= 4 is 11.9 Å². The SMILES string of the molecule is Cc1ccc(CN2C(=O)CCC2CC(=O)OCCOc2ccc(F)cc2)cc1. The van der Waals surface area contributed by atoms with E-state index >= 15 is 0 Å². The standard InChI is InChI=1S/C22H24FNO4/c1-16-2-4-17(5-3-16)15-24-19(8-11-21(24)25)14-22(26)28-13-12-27-20-9-6-18(23)7-10-20/h2-7,9-10,19H,8,11-15H2,1H3. The molecule has 3 rings (SSSR count). The van der Waals surface area contributed by atoms with Gasteiger partial charge in [-0.1, -0.05) is 29.8 Å². The fraction of sp³-hybridized carbons (Fsp3) is 0.364. The van der Waals surface area contributed by atoms with E-state index in [0.717, 1.165) is 5.56 Å². The molecule has 148 valence electrons. The van der Waals surface area contributed by atoms with E-state index in [1.54, 1.807) is 4.90 Å². The largest absolute Gasteiger partial charge is 0.490 e. The highest BCUT2D eigenvalue weighted by Crippen LogP contribution is 2.24. The van der Waals surface area contributed by atoms with Gasteiger partial charge in [-0.2, -0.15) is 0 Å². The van der Waals surface area contributed by atoms with Gasteiger partial charge in [-0.3, -0.25) is 9.59 Å². The van der Waals surface area contributed by atoms with Gasteiger partial charge in [0.1, 0.15) is 24.8 Å². The van der Waals surface area contributed by atoms with Gasteiger partial charge in [-0.15, -0.1) is 0 Å². The third-order valence-electron chi connectivity index (χ3n) is 4.76. The molecule has 2 aromatic carbocycles. The summed E-state index contributed by atoms with van der Waals surface area (Å²) in [7, 11) is 0. The Morgan fingerprint density at radius 2 is 1.82 bits per heavy atom. The first kappa shape index (κ1) is 19.9. The highest BCUT2D eigenvalue weighted by Gasteiger charge is 2.32. The van der Waals surface area contributed by atoms with Crippen LogP contribution in [0.2, 0.25) is 0 Å². The molecule has 1 saturated heterocycles. The number of hydrogen-bond donors (Lipinski definition) is 0. The van der Waals surface area contributed by atoms with E-state index in [4.69, 9.17) is 9.47 Å². The van der Waals surface area contributed by atoms with Crippen LogP contribution in [0.5, 0.6) is 5.75 Å². The number of carbonyl (C=O) groups excluding carboxylic acids is 2. The summed E-state index contributed by atoms with van der Waals surface area (Å²) in [6.07, 6.45) is 1.29. The average molecular weight is 385 g/mol. The molecule has 2 aromatic rings. The Bertz CT molecular complexity index is 804. The molecule has 6 heteroatoms. The van der Waals surface area contributed by atoms with Crippen molar-refractivity contribution < 1.29 is 23.5 Å². The first-order chi connectivity index (χ1) is 13.5. The fourth-order valence-electron chi connectivity index (χ4n) is 3.21. The summed E-state index contributed by atoms with van der Waals surface area (Å²) in [6, 6.07) is 13.5. The van der Waals surface area contributed by atoms with E-state index in [-0.39, 0.29) is 43.4 Å². The summed E-state index contributed by atoms with van der Waals surface area (Å²) in [5.74, 6) is -0.0995. The molecule has 28 heavy (non-hydrogen) atoms. The quantitative estimate of drug-likeness (QED) is 0.514. The number of amides is 1. The minimum absolute atomic E-state index is 0.0676. The number of rotatable bonds is 8. The Morgan fingerprint density at radius 1 is 1.11 bits per heavy atom. The molecule has 1 amide bonds. The van der Waals surface area contributed by atoms with E-state index < -0.39 is 0 Å². The second-order valence-corrected chi connectivity index (χ2v) is 6.93. The zero-order valence-electron chi connectivity index (χ0n) is 15.9. The second kappa shape index (κ2) is 9.35. The van der Waals surface area contributed by atoms with Crippen molar-refractivity contribution in [2.45, 2.75) is 38.8 Å². The molecule has 0 radical (unpaired) electrons. The van der Waals surface area contributed by atoms with E-state index in [1.165, 1.54) is 29.8 Å². The smallest absolute Gasteiger partial charge is 0.307 e. The van der Waals surface area contributed by atoms with Crippen LogP contribution in [-0.2, 0) is 20.9 Å². The molecule has 0 N–H and O–H groups in total. The minimum atomic E-state index is -0.351. The Hall–Kier alpha value is -2.89. The topological polar surface area (TPSA) is 55.8 Å². The third kappa shape index (κ3) is 5.55. The number of hydrogen-bond acceptors (Lipinski definition) is 4. The van der Waals surface area contributed by atoms with Crippen LogP contribution in [0, 0.1) is 12.7 Å². The molecule has 0 bridgehead atoms. The number of aryl methyl sites for hydroxylation is 1. The summed E-state index contributed by atoms with van der Waals surface area (Å²) in [6.45, 7) is 2.82. The number of esters is 1. The molecule has 5 nitrogen and oxygen atoms in total. The normalized spacial score (nSPS) is 16.3. The number of likely N-dealkylation sites (tertiary alicyclic amines) is 1. The minimum Gasteiger partial charge on any atom is -0.490 e. The van der Waals surface area contributed by atoms with E-state index in [0.29, 0.717) is 25.1 Å². The van der Waals surface area contributed by atoms with Crippen LogP contribution in [0.3, 0.4) is 0 Å². The van der Waals surface area contributed by atoms with Gasteiger partial charge in [0.15, 0.2) is 0 Å². The highest BCUT2D eigenvalue weighted by atomic mass is 19.1. The van der Waals surface area contributed by atoms with Crippen molar-refractivity contribution in [2.75, 3.05) is 13.2 Å². The van der Waals surface area contributed by atoms with E-state index in [1.807, 2.05) is 31.2 Å².